The summed E-state index contributed by atoms with van der Waals surface area (Å²) >= 11 is 4.95. The van der Waals surface area contributed by atoms with Gasteiger partial charge in [0.05, 0.1) is 0 Å². The molecule has 38 heavy (non-hydrogen) atoms. The molecule has 196 valence electrons. The number of amides is 2. The summed E-state index contributed by atoms with van der Waals surface area (Å²) in [5.41, 5.74) is 8.38. The number of β-lactam (4-membered cyclic amide) rings is 1. The van der Waals surface area contributed by atoms with Gasteiger partial charge in [0.15, 0.2) is 9.47 Å². The Balaban J connectivity index is 1.30. The maximum absolute atomic E-state index is 13.2. The van der Waals surface area contributed by atoms with E-state index in [2.05, 4.69) is 30.0 Å². The van der Waals surface area contributed by atoms with Crippen molar-refractivity contribution in [1.29, 1.82) is 0 Å². The summed E-state index contributed by atoms with van der Waals surface area (Å²) in [6.45, 7) is 0.0937. The average molecular weight is 591 g/mol. The molecular formula is C21H18N8O5S4. The molecule has 2 aliphatic heterocycles. The maximum atomic E-state index is 13.2. The number of aliphatic carboxylic acids is 1. The number of carbonyl (C=O) groups is 3. The number of carboxylic acids is 1. The molecule has 2 amide bonds. The third-order valence-corrected chi connectivity index (χ3v) is 9.17. The standard InChI is InChI=1S/C21H18N8O5S4/c22-20-25-15(28-38-20)12(27-34-6-10-4-2-1-3-5-10)16(30)24-13-17(31)29-14(19(32)33)11(7-35-18(13)29)8-36-21-26-23-9-37-21/h1-5,9,13,18H,6-8H2,(H,24,30)(H,32,33)(H2,22,25,28)/t13?,18-/m1/s1. The highest BCUT2D eigenvalue weighted by Gasteiger charge is 2.54. The van der Waals surface area contributed by atoms with Gasteiger partial charge in [0.2, 0.25) is 11.5 Å². The van der Waals surface area contributed by atoms with Gasteiger partial charge in [-0.05, 0) is 11.1 Å². The molecule has 4 heterocycles. The van der Waals surface area contributed by atoms with Crippen molar-refractivity contribution in [3.05, 3.63) is 58.5 Å². The van der Waals surface area contributed by atoms with Crippen molar-refractivity contribution in [1.82, 2.24) is 29.8 Å². The molecule has 1 aromatic carbocycles. The van der Waals surface area contributed by atoms with Crippen LogP contribution in [-0.2, 0) is 25.8 Å². The van der Waals surface area contributed by atoms with Crippen LogP contribution >= 0.6 is 46.4 Å². The van der Waals surface area contributed by atoms with Gasteiger partial charge in [-0.25, -0.2) is 4.79 Å². The zero-order valence-electron chi connectivity index (χ0n) is 19.2. The molecule has 3 aromatic rings. The first kappa shape index (κ1) is 26.1. The number of aromatic nitrogens is 4. The van der Waals surface area contributed by atoms with Crippen LogP contribution in [0.4, 0.5) is 5.13 Å². The maximum Gasteiger partial charge on any atom is 0.352 e. The number of hydrogen-bond donors (Lipinski definition) is 3. The topological polar surface area (TPSA) is 186 Å². The van der Waals surface area contributed by atoms with Crippen LogP contribution in [0.15, 0.2) is 56.6 Å². The quantitative estimate of drug-likeness (QED) is 0.134. The van der Waals surface area contributed by atoms with Gasteiger partial charge >= 0.3 is 5.97 Å². The molecule has 0 bridgehead atoms. The molecular weight excluding hydrogens is 573 g/mol. The third-order valence-electron chi connectivity index (χ3n) is 5.34. The number of benzene rings is 1. The molecule has 0 radical (unpaired) electrons. The Bertz CT molecular complexity index is 1410. The Hall–Kier alpha value is -3.54. The number of nitrogens with two attached hydrogens (primary N) is 1. The van der Waals surface area contributed by atoms with Crippen LogP contribution < -0.4 is 11.1 Å². The van der Waals surface area contributed by atoms with Gasteiger partial charge in [-0.2, -0.15) is 9.36 Å². The van der Waals surface area contributed by atoms with E-state index in [1.807, 2.05) is 30.3 Å². The van der Waals surface area contributed by atoms with Gasteiger partial charge in [-0.3, -0.25) is 14.5 Å². The van der Waals surface area contributed by atoms with Crippen molar-refractivity contribution in [2.24, 2.45) is 5.16 Å². The van der Waals surface area contributed by atoms with E-state index in [1.54, 1.807) is 5.51 Å². The first-order valence-corrected chi connectivity index (χ1v) is 14.5. The van der Waals surface area contributed by atoms with E-state index in [9.17, 15) is 19.5 Å². The van der Waals surface area contributed by atoms with Gasteiger partial charge in [0.25, 0.3) is 11.8 Å². The lowest BCUT2D eigenvalue weighted by molar-refractivity contribution is -0.150. The number of carboxylic acid groups (broad SMARTS) is 1. The summed E-state index contributed by atoms with van der Waals surface area (Å²) in [6, 6.07) is 8.26. The smallest absolute Gasteiger partial charge is 0.352 e. The SMILES string of the molecule is Nc1nc(C(=NOCc2ccccc2)C(=O)NC2C(=O)N3C(C(=O)O)=C(CSc4nncs4)CS[C@H]23)ns1. The molecule has 1 unspecified atom stereocenters. The van der Waals surface area contributed by atoms with Gasteiger partial charge in [0.1, 0.15) is 29.2 Å². The lowest BCUT2D eigenvalue weighted by Crippen LogP contribution is -2.71. The van der Waals surface area contributed by atoms with E-state index in [0.29, 0.717) is 21.4 Å². The van der Waals surface area contributed by atoms with Crippen LogP contribution in [0.5, 0.6) is 0 Å². The monoisotopic (exact) mass is 590 g/mol. The average Bonchev–Trinajstić information content (AvgIpc) is 3.60. The Kier molecular flexibility index (Phi) is 7.87. The van der Waals surface area contributed by atoms with E-state index in [0.717, 1.165) is 17.1 Å². The molecule has 2 aliphatic rings. The number of rotatable bonds is 10. The van der Waals surface area contributed by atoms with Crippen LogP contribution in [0.2, 0.25) is 0 Å². The predicted octanol–water partition coefficient (Wildman–Crippen LogP) is 1.42. The van der Waals surface area contributed by atoms with Crippen molar-refractivity contribution in [3.8, 4) is 0 Å². The first-order chi connectivity index (χ1) is 18.4. The normalized spacial score (nSPS) is 19.1. The summed E-state index contributed by atoms with van der Waals surface area (Å²) in [7, 11) is 0. The number of oxime groups is 1. The van der Waals surface area contributed by atoms with E-state index >= 15 is 0 Å². The van der Waals surface area contributed by atoms with Crippen molar-refractivity contribution in [2.75, 3.05) is 17.2 Å². The van der Waals surface area contributed by atoms with Gasteiger partial charge < -0.3 is 21.0 Å². The van der Waals surface area contributed by atoms with E-state index in [1.165, 1.54) is 39.8 Å². The summed E-state index contributed by atoms with van der Waals surface area (Å²) in [5, 5.41) is 23.7. The summed E-state index contributed by atoms with van der Waals surface area (Å²) < 4.78 is 4.74. The fourth-order valence-corrected chi connectivity index (χ4v) is 7.05. The predicted molar refractivity (Wildman–Crippen MR) is 142 cm³/mol. The van der Waals surface area contributed by atoms with Crippen LogP contribution in [0.25, 0.3) is 0 Å². The third kappa shape index (κ3) is 5.50. The Morgan fingerprint density at radius 2 is 2.13 bits per heavy atom. The number of thioether (sulfide) groups is 2. The van der Waals surface area contributed by atoms with E-state index < -0.39 is 29.2 Å². The number of hydrogen-bond acceptors (Lipinski definition) is 14. The number of anilines is 1. The molecule has 0 saturated carbocycles. The lowest BCUT2D eigenvalue weighted by Gasteiger charge is -2.49. The summed E-state index contributed by atoms with van der Waals surface area (Å²) in [4.78, 5) is 48.9. The molecule has 2 atom stereocenters. The Morgan fingerprint density at radius 1 is 1.32 bits per heavy atom. The number of nitrogen functional groups attached to an aromatic ring is 1. The number of carbonyl (C=O) groups excluding carboxylic acids is 2. The zero-order chi connectivity index (χ0) is 26.6. The fourth-order valence-electron chi connectivity index (χ4n) is 3.64. The Labute approximate surface area is 231 Å². The van der Waals surface area contributed by atoms with Gasteiger partial charge in [0, 0.05) is 23.0 Å². The second-order valence-corrected chi connectivity index (χ2v) is 11.7. The molecule has 0 spiro atoms. The Morgan fingerprint density at radius 3 is 2.82 bits per heavy atom. The second-order valence-electron chi connectivity index (χ2n) is 7.77. The minimum atomic E-state index is -1.21. The molecule has 17 heteroatoms. The van der Waals surface area contributed by atoms with Crippen molar-refractivity contribution >= 4 is 75.0 Å². The van der Waals surface area contributed by atoms with Gasteiger partial charge in [-0.15, -0.1) is 22.0 Å². The van der Waals surface area contributed by atoms with Gasteiger partial charge in [-0.1, -0.05) is 58.6 Å². The van der Waals surface area contributed by atoms with Crippen molar-refractivity contribution in [3.63, 3.8) is 0 Å². The van der Waals surface area contributed by atoms with Crippen LogP contribution in [0, 0.1) is 0 Å². The minimum Gasteiger partial charge on any atom is -0.477 e. The molecule has 4 N–H and O–H groups in total. The summed E-state index contributed by atoms with van der Waals surface area (Å²) in [5.74, 6) is -1.81. The highest BCUT2D eigenvalue weighted by Crippen LogP contribution is 2.41. The largest absolute Gasteiger partial charge is 0.477 e. The number of nitrogens with zero attached hydrogens (tertiary/aromatic N) is 6. The second kappa shape index (κ2) is 11.5. The van der Waals surface area contributed by atoms with Crippen LogP contribution in [0.1, 0.15) is 11.4 Å². The minimum absolute atomic E-state index is 0.0416. The molecule has 1 saturated heterocycles. The van der Waals surface area contributed by atoms with Crippen LogP contribution in [-0.4, -0.2) is 76.0 Å². The highest BCUT2D eigenvalue weighted by molar-refractivity contribution is 8.01. The number of nitrogens with one attached hydrogen (secondary N) is 1. The number of fused-ring (bicyclic) bond motifs is 1. The highest BCUT2D eigenvalue weighted by atomic mass is 32.2. The molecule has 1 fully saturated rings. The van der Waals surface area contributed by atoms with E-state index in [-0.39, 0.29) is 29.0 Å². The molecule has 13 nitrogen and oxygen atoms in total. The molecule has 2 aromatic heterocycles. The fraction of sp³-hybridized carbons (Fsp3) is 0.238. The molecule has 5 rings (SSSR count). The van der Waals surface area contributed by atoms with E-state index in [4.69, 9.17) is 10.6 Å². The van der Waals surface area contributed by atoms with Crippen molar-refractivity contribution in [2.45, 2.75) is 22.4 Å². The molecule has 0 aliphatic carbocycles. The van der Waals surface area contributed by atoms with Crippen LogP contribution in [0.3, 0.4) is 0 Å². The lowest BCUT2D eigenvalue weighted by atomic mass is 10.0. The van der Waals surface area contributed by atoms with Crippen molar-refractivity contribution < 1.29 is 24.3 Å². The first-order valence-electron chi connectivity index (χ1n) is 10.9. The zero-order valence-corrected chi connectivity index (χ0v) is 22.5. The summed E-state index contributed by atoms with van der Waals surface area (Å²) in [6.07, 6.45) is 0.